The molecule has 2 heterocycles. The minimum Gasteiger partial charge on any atom is -0.344 e. The third kappa shape index (κ3) is 5.65. The van der Waals surface area contributed by atoms with Gasteiger partial charge in [-0.05, 0) is 55.0 Å². The summed E-state index contributed by atoms with van der Waals surface area (Å²) in [6, 6.07) is 23.6. The lowest BCUT2D eigenvalue weighted by Gasteiger charge is -2.27. The van der Waals surface area contributed by atoms with E-state index in [1.807, 2.05) is 54.6 Å². The summed E-state index contributed by atoms with van der Waals surface area (Å²) in [6.45, 7) is 4.00. The number of aromatic nitrogens is 3. The van der Waals surface area contributed by atoms with Gasteiger partial charge in [-0.3, -0.25) is 14.7 Å². The van der Waals surface area contributed by atoms with Crippen LogP contribution in [0.2, 0.25) is 0 Å². The van der Waals surface area contributed by atoms with Crippen molar-refractivity contribution < 1.29 is 9.59 Å². The summed E-state index contributed by atoms with van der Waals surface area (Å²) in [5.74, 6) is 0.386. The fraction of sp³-hybridized carbons (Fsp3) is 0.267. The molecule has 4 aromatic rings. The van der Waals surface area contributed by atoms with E-state index in [0.717, 1.165) is 33.5 Å². The molecule has 2 amide bonds. The first-order valence-corrected chi connectivity index (χ1v) is 12.8. The lowest BCUT2D eigenvalue weighted by molar-refractivity contribution is -0.128. The third-order valence-corrected chi connectivity index (χ3v) is 6.70. The van der Waals surface area contributed by atoms with Crippen molar-refractivity contribution in [1.29, 1.82) is 0 Å². The molecule has 1 aromatic heterocycles. The molecule has 4 N–H and O–H groups in total. The van der Waals surface area contributed by atoms with Crippen molar-refractivity contribution in [2.75, 3.05) is 4.90 Å². The highest BCUT2D eigenvalue weighted by atomic mass is 16.2. The monoisotopic (exact) mass is 508 g/mol. The van der Waals surface area contributed by atoms with Crippen LogP contribution in [-0.2, 0) is 22.6 Å². The number of fused-ring (bicyclic) bond motifs is 1. The fourth-order valence-corrected chi connectivity index (χ4v) is 4.92. The molecule has 38 heavy (non-hydrogen) atoms. The number of benzene rings is 3. The van der Waals surface area contributed by atoms with Crippen LogP contribution in [0.5, 0.6) is 0 Å². The maximum Gasteiger partial charge on any atom is 0.249 e. The van der Waals surface area contributed by atoms with E-state index >= 15 is 0 Å². The largest absolute Gasteiger partial charge is 0.344 e. The zero-order valence-electron chi connectivity index (χ0n) is 21.6. The Morgan fingerprint density at radius 2 is 1.76 bits per heavy atom. The van der Waals surface area contributed by atoms with E-state index < -0.39 is 11.6 Å². The summed E-state index contributed by atoms with van der Waals surface area (Å²) in [6.07, 6.45) is 2.89. The number of amides is 2. The molecular formula is C30H32N6O2. The van der Waals surface area contributed by atoms with Crippen molar-refractivity contribution in [3.63, 3.8) is 0 Å². The summed E-state index contributed by atoms with van der Waals surface area (Å²) in [7, 11) is 0. The predicted octanol–water partition coefficient (Wildman–Crippen LogP) is 4.23. The first-order valence-electron chi connectivity index (χ1n) is 12.8. The van der Waals surface area contributed by atoms with Crippen LogP contribution >= 0.6 is 0 Å². The van der Waals surface area contributed by atoms with Gasteiger partial charge in [0.25, 0.3) is 0 Å². The summed E-state index contributed by atoms with van der Waals surface area (Å²) >= 11 is 0. The SMILES string of the molecule is CC(C)(N)CC(=O)NC1CCc2ccccc2N(Cc2ccc(-c3ccccc3-c3ncn[nH]3)cc2)C1=O. The first kappa shape index (κ1) is 25.4. The Labute approximate surface area is 222 Å². The van der Waals surface area contributed by atoms with Crippen LogP contribution < -0.4 is 16.0 Å². The smallest absolute Gasteiger partial charge is 0.249 e. The number of H-pyrrole nitrogens is 1. The Hall–Kier alpha value is -4.30. The maximum atomic E-state index is 13.7. The number of para-hydroxylation sites is 1. The molecule has 0 saturated heterocycles. The molecule has 0 fully saturated rings. The topological polar surface area (TPSA) is 117 Å². The van der Waals surface area contributed by atoms with E-state index in [4.69, 9.17) is 5.73 Å². The Balaban J connectivity index is 1.40. The molecule has 0 spiro atoms. The average Bonchev–Trinajstić information content (AvgIpc) is 3.40. The molecule has 0 radical (unpaired) electrons. The van der Waals surface area contributed by atoms with Gasteiger partial charge in [-0.25, -0.2) is 4.98 Å². The third-order valence-electron chi connectivity index (χ3n) is 6.70. The number of nitrogens with one attached hydrogen (secondary N) is 2. The first-order chi connectivity index (χ1) is 18.3. The lowest BCUT2D eigenvalue weighted by atomic mass is 9.98. The minimum absolute atomic E-state index is 0.113. The molecule has 3 aromatic carbocycles. The van der Waals surface area contributed by atoms with Crippen molar-refractivity contribution in [1.82, 2.24) is 20.5 Å². The van der Waals surface area contributed by atoms with Gasteiger partial charge in [0.2, 0.25) is 11.8 Å². The second-order valence-electron chi connectivity index (χ2n) is 10.5. The van der Waals surface area contributed by atoms with Crippen LogP contribution in [0.25, 0.3) is 22.5 Å². The maximum absolute atomic E-state index is 13.7. The van der Waals surface area contributed by atoms with E-state index in [9.17, 15) is 9.59 Å². The molecular weight excluding hydrogens is 476 g/mol. The number of hydrogen-bond acceptors (Lipinski definition) is 5. The van der Waals surface area contributed by atoms with Gasteiger partial charge in [0.05, 0.1) is 6.54 Å². The number of carbonyl (C=O) groups excluding carboxylic acids is 2. The van der Waals surface area contributed by atoms with Crippen LogP contribution in [0.1, 0.15) is 37.8 Å². The standard InChI is InChI=1S/C30H32N6O2/c1-30(2,31)17-27(37)34-25-16-15-22-7-3-6-10-26(22)36(29(25)38)18-20-11-13-21(14-12-20)23-8-4-5-9-24(23)28-32-19-33-35-28/h3-14,19,25H,15-18,31H2,1-2H3,(H,34,37)(H,32,33,35). The van der Waals surface area contributed by atoms with E-state index in [2.05, 4.69) is 38.7 Å². The molecule has 194 valence electrons. The van der Waals surface area contributed by atoms with Crippen LogP contribution in [0.15, 0.2) is 79.1 Å². The highest BCUT2D eigenvalue weighted by molar-refractivity contribution is 6.00. The van der Waals surface area contributed by atoms with Crippen molar-refractivity contribution in [3.05, 3.63) is 90.3 Å². The van der Waals surface area contributed by atoms with Gasteiger partial charge in [-0.15, -0.1) is 0 Å². The number of aromatic amines is 1. The molecule has 8 heteroatoms. The summed E-state index contributed by atoms with van der Waals surface area (Å²) < 4.78 is 0. The highest BCUT2D eigenvalue weighted by Crippen LogP contribution is 2.32. The minimum atomic E-state index is -0.645. The number of nitrogens with zero attached hydrogens (tertiary/aromatic N) is 3. The van der Waals surface area contributed by atoms with Crippen molar-refractivity contribution in [2.45, 2.75) is 51.2 Å². The van der Waals surface area contributed by atoms with Gasteiger partial charge in [0.1, 0.15) is 12.4 Å². The van der Waals surface area contributed by atoms with Gasteiger partial charge in [-0.1, -0.05) is 66.7 Å². The number of carbonyl (C=O) groups is 2. The molecule has 0 bridgehead atoms. The zero-order chi connectivity index (χ0) is 26.7. The van der Waals surface area contributed by atoms with Crippen molar-refractivity contribution in [2.24, 2.45) is 5.73 Å². The van der Waals surface area contributed by atoms with Gasteiger partial charge in [0, 0.05) is 23.2 Å². The lowest BCUT2D eigenvalue weighted by Crippen LogP contribution is -2.49. The van der Waals surface area contributed by atoms with Gasteiger partial charge in [-0.2, -0.15) is 5.10 Å². The number of rotatable bonds is 7. The van der Waals surface area contributed by atoms with Crippen LogP contribution in [-0.4, -0.2) is 38.6 Å². The number of anilines is 1. The molecule has 1 aliphatic heterocycles. The molecule has 1 aliphatic rings. The second kappa shape index (κ2) is 10.6. The number of nitrogens with two attached hydrogens (primary N) is 1. The molecule has 0 saturated carbocycles. The zero-order valence-corrected chi connectivity index (χ0v) is 21.6. The Morgan fingerprint density at radius 1 is 1.05 bits per heavy atom. The quantitative estimate of drug-likeness (QED) is 0.345. The Morgan fingerprint density at radius 3 is 2.47 bits per heavy atom. The molecule has 1 unspecified atom stereocenters. The van der Waals surface area contributed by atoms with E-state index in [1.165, 1.54) is 6.33 Å². The van der Waals surface area contributed by atoms with Gasteiger partial charge >= 0.3 is 0 Å². The Bertz CT molecular complexity index is 1420. The van der Waals surface area contributed by atoms with E-state index in [0.29, 0.717) is 25.2 Å². The normalized spacial score (nSPS) is 15.6. The van der Waals surface area contributed by atoms with Crippen LogP contribution in [0.3, 0.4) is 0 Å². The highest BCUT2D eigenvalue weighted by Gasteiger charge is 2.32. The number of hydrogen-bond donors (Lipinski definition) is 3. The van der Waals surface area contributed by atoms with E-state index in [1.54, 1.807) is 18.7 Å². The van der Waals surface area contributed by atoms with E-state index in [-0.39, 0.29) is 18.2 Å². The fourth-order valence-electron chi connectivity index (χ4n) is 4.92. The molecule has 1 atom stereocenters. The molecule has 0 aliphatic carbocycles. The van der Waals surface area contributed by atoms with Gasteiger partial charge in [0.15, 0.2) is 5.82 Å². The number of aryl methyl sites for hydroxylation is 1. The van der Waals surface area contributed by atoms with Crippen LogP contribution in [0, 0.1) is 0 Å². The van der Waals surface area contributed by atoms with Gasteiger partial charge < -0.3 is 16.0 Å². The summed E-state index contributed by atoms with van der Waals surface area (Å²) in [5, 5.41) is 9.86. The summed E-state index contributed by atoms with van der Waals surface area (Å²) in [4.78, 5) is 32.5. The Kier molecular flexibility index (Phi) is 7.07. The molecule has 5 rings (SSSR count). The van der Waals surface area contributed by atoms with Crippen LogP contribution in [0.4, 0.5) is 5.69 Å². The molecule has 8 nitrogen and oxygen atoms in total. The average molecular weight is 509 g/mol. The van der Waals surface area contributed by atoms with Crippen molar-refractivity contribution in [3.8, 4) is 22.5 Å². The second-order valence-corrected chi connectivity index (χ2v) is 10.5. The van der Waals surface area contributed by atoms with Crippen molar-refractivity contribution >= 4 is 17.5 Å². The summed E-state index contributed by atoms with van der Waals surface area (Å²) in [5.41, 5.74) is 11.4. The predicted molar refractivity (Wildman–Crippen MR) is 148 cm³/mol.